The van der Waals surface area contributed by atoms with Crippen LogP contribution in [0.2, 0.25) is 0 Å². The fourth-order valence-corrected chi connectivity index (χ4v) is 3.08. The number of primary sulfonamides is 1. The van der Waals surface area contributed by atoms with E-state index in [0.717, 1.165) is 25.0 Å². The minimum atomic E-state index is -3.45. The first-order chi connectivity index (χ1) is 9.81. The number of nitrogens with one attached hydrogen (secondary N) is 1. The Balaban J connectivity index is 0.00000441. The second-order valence-electron chi connectivity index (χ2n) is 6.11. The molecule has 0 atom stereocenters. The van der Waals surface area contributed by atoms with E-state index < -0.39 is 10.0 Å². The molecule has 1 aliphatic carbocycles. The zero-order valence-corrected chi connectivity index (χ0v) is 17.1. The normalized spacial score (nSPS) is 22.8. The van der Waals surface area contributed by atoms with Crippen molar-refractivity contribution in [1.82, 2.24) is 10.2 Å². The Hall–Kier alpha value is -0.0900. The highest BCUT2D eigenvalue weighted by Gasteiger charge is 2.20. The number of aliphatic imine (C=N–C) groups is 1. The molecule has 0 amide bonds. The molecule has 1 rings (SSSR count). The van der Waals surface area contributed by atoms with Crippen molar-refractivity contribution >= 4 is 40.0 Å². The Morgan fingerprint density at radius 1 is 1.32 bits per heavy atom. The fourth-order valence-electron chi connectivity index (χ4n) is 2.73. The molecule has 3 N–H and O–H groups in total. The molecule has 0 aromatic carbocycles. The van der Waals surface area contributed by atoms with Crippen LogP contribution in [0, 0.1) is 11.8 Å². The minimum Gasteiger partial charge on any atom is -0.357 e. The van der Waals surface area contributed by atoms with Gasteiger partial charge in [-0.05, 0) is 31.6 Å². The van der Waals surface area contributed by atoms with E-state index in [-0.39, 0.29) is 36.3 Å². The third-order valence-electron chi connectivity index (χ3n) is 4.00. The van der Waals surface area contributed by atoms with Crippen molar-refractivity contribution in [1.29, 1.82) is 0 Å². The van der Waals surface area contributed by atoms with Crippen LogP contribution in [0.4, 0.5) is 0 Å². The van der Waals surface area contributed by atoms with Crippen LogP contribution >= 0.6 is 24.0 Å². The van der Waals surface area contributed by atoms with Crippen molar-refractivity contribution in [3.05, 3.63) is 0 Å². The topological polar surface area (TPSA) is 87.8 Å². The van der Waals surface area contributed by atoms with Gasteiger partial charge < -0.3 is 10.2 Å². The Labute approximate surface area is 152 Å². The summed E-state index contributed by atoms with van der Waals surface area (Å²) < 4.78 is 21.9. The van der Waals surface area contributed by atoms with Crippen LogP contribution in [-0.4, -0.2) is 51.7 Å². The number of guanidine groups is 1. The van der Waals surface area contributed by atoms with Gasteiger partial charge in [0.1, 0.15) is 0 Å². The van der Waals surface area contributed by atoms with E-state index in [1.165, 1.54) is 25.7 Å². The van der Waals surface area contributed by atoms with Crippen LogP contribution in [0.3, 0.4) is 0 Å². The predicted molar refractivity (Wildman–Crippen MR) is 103 cm³/mol. The number of hydrogen-bond acceptors (Lipinski definition) is 3. The molecule has 0 heterocycles. The average molecular weight is 446 g/mol. The van der Waals surface area contributed by atoms with Gasteiger partial charge in [0.15, 0.2) is 5.96 Å². The summed E-state index contributed by atoms with van der Waals surface area (Å²) in [6.45, 7) is 6.26. The molecule has 1 aliphatic rings. The minimum absolute atomic E-state index is 0. The van der Waals surface area contributed by atoms with Gasteiger partial charge in [-0.15, -0.1) is 24.0 Å². The lowest BCUT2D eigenvalue weighted by Gasteiger charge is -2.31. The second kappa shape index (κ2) is 10.6. The van der Waals surface area contributed by atoms with E-state index in [1.807, 2.05) is 14.0 Å². The predicted octanol–water partition coefficient (Wildman–Crippen LogP) is 1.62. The van der Waals surface area contributed by atoms with Crippen molar-refractivity contribution in [2.24, 2.45) is 22.0 Å². The summed E-state index contributed by atoms with van der Waals surface area (Å²) in [5, 5.41) is 8.21. The van der Waals surface area contributed by atoms with Gasteiger partial charge in [-0.3, -0.25) is 4.99 Å². The van der Waals surface area contributed by atoms with Crippen LogP contribution in [0.5, 0.6) is 0 Å². The van der Waals surface area contributed by atoms with Crippen LogP contribution in [-0.2, 0) is 10.0 Å². The number of nitrogens with zero attached hydrogens (tertiary/aromatic N) is 2. The summed E-state index contributed by atoms with van der Waals surface area (Å²) in [4.78, 5) is 6.46. The maximum Gasteiger partial charge on any atom is 0.210 e. The van der Waals surface area contributed by atoms with E-state index in [4.69, 9.17) is 5.14 Å². The zero-order chi connectivity index (χ0) is 15.9. The van der Waals surface area contributed by atoms with Gasteiger partial charge in [0.2, 0.25) is 10.0 Å². The van der Waals surface area contributed by atoms with Gasteiger partial charge in [-0.2, -0.15) is 0 Å². The van der Waals surface area contributed by atoms with Crippen LogP contribution in [0.25, 0.3) is 0 Å². The summed E-state index contributed by atoms with van der Waals surface area (Å²) in [6.07, 6.45) is 5.14. The average Bonchev–Trinajstić information content (AvgIpc) is 2.39. The zero-order valence-electron chi connectivity index (χ0n) is 13.9. The van der Waals surface area contributed by atoms with Gasteiger partial charge >= 0.3 is 0 Å². The van der Waals surface area contributed by atoms with Gasteiger partial charge in [0, 0.05) is 20.1 Å². The quantitative estimate of drug-likeness (QED) is 0.369. The number of hydrogen-bond donors (Lipinski definition) is 2. The highest BCUT2D eigenvalue weighted by molar-refractivity contribution is 14.0. The SMILES string of the molecule is CCNC(=NCCS(N)(=O)=O)N(C)CC1CCC(C)CC1.I. The van der Waals surface area contributed by atoms with Crippen molar-refractivity contribution in [2.45, 2.75) is 39.5 Å². The van der Waals surface area contributed by atoms with E-state index >= 15 is 0 Å². The molecule has 0 radical (unpaired) electrons. The van der Waals surface area contributed by atoms with Crippen molar-refractivity contribution in [3.63, 3.8) is 0 Å². The lowest BCUT2D eigenvalue weighted by Crippen LogP contribution is -2.42. The lowest BCUT2D eigenvalue weighted by molar-refractivity contribution is 0.250. The monoisotopic (exact) mass is 446 g/mol. The Bertz CT molecular complexity index is 434. The maximum absolute atomic E-state index is 11.0. The molecule has 0 saturated heterocycles. The van der Waals surface area contributed by atoms with Gasteiger partial charge in [-0.25, -0.2) is 13.6 Å². The summed E-state index contributed by atoms with van der Waals surface area (Å²) in [5.74, 6) is 2.20. The molecule has 0 aromatic heterocycles. The van der Waals surface area contributed by atoms with Crippen LogP contribution < -0.4 is 10.5 Å². The smallest absolute Gasteiger partial charge is 0.210 e. The van der Waals surface area contributed by atoms with E-state index in [2.05, 4.69) is 22.1 Å². The lowest BCUT2D eigenvalue weighted by atomic mass is 9.83. The largest absolute Gasteiger partial charge is 0.357 e. The molecule has 0 spiro atoms. The fraction of sp³-hybridized carbons (Fsp3) is 0.929. The Morgan fingerprint density at radius 2 is 1.91 bits per heavy atom. The molecule has 6 nitrogen and oxygen atoms in total. The molecule has 0 unspecified atom stereocenters. The summed E-state index contributed by atoms with van der Waals surface area (Å²) >= 11 is 0. The molecule has 8 heteroatoms. The summed E-state index contributed by atoms with van der Waals surface area (Å²) in [7, 11) is -1.44. The van der Waals surface area contributed by atoms with Crippen molar-refractivity contribution < 1.29 is 8.42 Å². The number of nitrogens with two attached hydrogens (primary N) is 1. The van der Waals surface area contributed by atoms with Gasteiger partial charge in [0.25, 0.3) is 0 Å². The molecular formula is C14H31IN4O2S. The molecule has 22 heavy (non-hydrogen) atoms. The van der Waals surface area contributed by atoms with E-state index in [9.17, 15) is 8.42 Å². The van der Waals surface area contributed by atoms with Gasteiger partial charge in [0.05, 0.1) is 12.3 Å². The van der Waals surface area contributed by atoms with Gasteiger partial charge in [-0.1, -0.05) is 19.8 Å². The number of halogens is 1. The van der Waals surface area contributed by atoms with Crippen LogP contribution in [0.1, 0.15) is 39.5 Å². The Kier molecular flexibility index (Phi) is 10.6. The second-order valence-corrected chi connectivity index (χ2v) is 7.84. The van der Waals surface area contributed by atoms with Crippen molar-refractivity contribution in [3.8, 4) is 0 Å². The van der Waals surface area contributed by atoms with E-state index in [1.54, 1.807) is 0 Å². The summed E-state index contributed by atoms with van der Waals surface area (Å²) in [5.41, 5.74) is 0. The molecular weight excluding hydrogens is 415 g/mol. The first-order valence-corrected chi connectivity index (χ1v) is 9.53. The molecule has 132 valence electrons. The summed E-state index contributed by atoms with van der Waals surface area (Å²) in [6, 6.07) is 0. The number of sulfonamides is 1. The molecule has 0 aliphatic heterocycles. The third-order valence-corrected chi connectivity index (χ3v) is 4.75. The molecule has 0 bridgehead atoms. The Morgan fingerprint density at radius 3 is 2.41 bits per heavy atom. The molecule has 0 aromatic rings. The van der Waals surface area contributed by atoms with Crippen molar-refractivity contribution in [2.75, 3.05) is 32.4 Å². The van der Waals surface area contributed by atoms with Crippen LogP contribution in [0.15, 0.2) is 4.99 Å². The first-order valence-electron chi connectivity index (χ1n) is 7.81. The third kappa shape index (κ3) is 9.14. The molecule has 1 fully saturated rings. The standard InChI is InChI=1S/C14H30N4O2S.HI/c1-4-16-14(17-9-10-21(15,19)20)18(3)11-13-7-5-12(2)6-8-13;/h12-13H,4-11H2,1-3H3,(H,16,17)(H2,15,19,20);1H. The highest BCUT2D eigenvalue weighted by Crippen LogP contribution is 2.28. The first kappa shape index (κ1) is 21.9. The molecule has 1 saturated carbocycles. The maximum atomic E-state index is 11.0. The number of rotatable bonds is 6. The van der Waals surface area contributed by atoms with E-state index in [0.29, 0.717) is 5.92 Å². The highest BCUT2D eigenvalue weighted by atomic mass is 127.